The van der Waals surface area contributed by atoms with Crippen LogP contribution in [0.1, 0.15) is 36.1 Å². The molecule has 0 radical (unpaired) electrons. The number of benzene rings is 2. The van der Waals surface area contributed by atoms with Gasteiger partial charge in [-0.3, -0.25) is 9.59 Å². The average Bonchev–Trinajstić information content (AvgIpc) is 2.56. The van der Waals surface area contributed by atoms with Crippen LogP contribution in [0.4, 0.5) is 0 Å². The van der Waals surface area contributed by atoms with Crippen molar-refractivity contribution in [3.05, 3.63) is 70.8 Å². The molecule has 5 rings (SSSR count). The molecule has 3 aliphatic rings. The van der Waals surface area contributed by atoms with Gasteiger partial charge in [-0.2, -0.15) is 0 Å². The SMILES string of the molecule is CC12c3ccccc3C(C)(c3ccccc31)[C@H](C(=O)O)[C@H]2C(=O)O. The van der Waals surface area contributed by atoms with Crippen LogP contribution in [0.3, 0.4) is 0 Å². The number of carboxylic acids is 2. The maximum absolute atomic E-state index is 12.2. The molecule has 4 nitrogen and oxygen atoms in total. The first-order valence-corrected chi connectivity index (χ1v) is 8.00. The molecular weight excluding hydrogens is 304 g/mol. The summed E-state index contributed by atoms with van der Waals surface area (Å²) in [4.78, 5) is 24.3. The zero-order valence-corrected chi connectivity index (χ0v) is 13.5. The highest BCUT2D eigenvalue weighted by atomic mass is 16.4. The molecule has 0 fully saturated rings. The van der Waals surface area contributed by atoms with E-state index < -0.39 is 34.6 Å². The van der Waals surface area contributed by atoms with Crippen LogP contribution in [-0.2, 0) is 20.4 Å². The number of rotatable bonds is 2. The maximum Gasteiger partial charge on any atom is 0.308 e. The third-order valence-electron chi connectivity index (χ3n) is 6.20. The van der Waals surface area contributed by atoms with Crippen LogP contribution in [0.15, 0.2) is 48.5 Å². The molecule has 2 atom stereocenters. The van der Waals surface area contributed by atoms with E-state index in [4.69, 9.17) is 0 Å². The molecule has 2 N–H and O–H groups in total. The van der Waals surface area contributed by atoms with Crippen molar-refractivity contribution in [1.29, 1.82) is 0 Å². The Morgan fingerprint density at radius 2 is 0.958 bits per heavy atom. The fourth-order valence-electron chi connectivity index (χ4n) is 5.18. The smallest absolute Gasteiger partial charge is 0.308 e. The molecule has 0 heterocycles. The monoisotopic (exact) mass is 322 g/mol. The van der Waals surface area contributed by atoms with Gasteiger partial charge in [0.2, 0.25) is 0 Å². The Bertz CT molecular complexity index is 763. The molecule has 2 aromatic rings. The number of aliphatic carboxylic acids is 2. The van der Waals surface area contributed by atoms with Crippen molar-refractivity contribution in [1.82, 2.24) is 0 Å². The van der Waals surface area contributed by atoms with Gasteiger partial charge in [0, 0.05) is 10.8 Å². The topological polar surface area (TPSA) is 74.6 Å². The van der Waals surface area contributed by atoms with E-state index in [2.05, 4.69) is 0 Å². The molecule has 0 saturated heterocycles. The Morgan fingerprint density at radius 3 is 1.17 bits per heavy atom. The van der Waals surface area contributed by atoms with Crippen LogP contribution >= 0.6 is 0 Å². The van der Waals surface area contributed by atoms with Gasteiger partial charge in [0.1, 0.15) is 0 Å². The predicted molar refractivity (Wildman–Crippen MR) is 88.0 cm³/mol. The highest BCUT2D eigenvalue weighted by molar-refractivity contribution is 5.88. The van der Waals surface area contributed by atoms with Crippen molar-refractivity contribution < 1.29 is 19.8 Å². The molecule has 0 aliphatic heterocycles. The fraction of sp³-hybridized carbons (Fsp3) is 0.300. The number of hydrogen-bond donors (Lipinski definition) is 2. The zero-order chi connectivity index (χ0) is 17.3. The zero-order valence-electron chi connectivity index (χ0n) is 13.5. The second-order valence-electron chi connectivity index (χ2n) is 7.13. The Hall–Kier alpha value is -2.62. The summed E-state index contributed by atoms with van der Waals surface area (Å²) in [5.41, 5.74) is 1.99. The first-order chi connectivity index (χ1) is 11.3. The Balaban J connectivity index is 2.21. The van der Waals surface area contributed by atoms with Gasteiger partial charge < -0.3 is 10.2 Å². The minimum atomic E-state index is -1.06. The van der Waals surface area contributed by atoms with Crippen LogP contribution in [0.5, 0.6) is 0 Å². The van der Waals surface area contributed by atoms with Gasteiger partial charge in [0.25, 0.3) is 0 Å². The van der Waals surface area contributed by atoms with E-state index in [0.717, 1.165) is 22.3 Å². The molecule has 3 aliphatic carbocycles. The summed E-state index contributed by atoms with van der Waals surface area (Å²) in [5, 5.41) is 19.9. The van der Waals surface area contributed by atoms with E-state index in [0.29, 0.717) is 0 Å². The van der Waals surface area contributed by atoms with Crippen LogP contribution in [0.25, 0.3) is 0 Å². The van der Waals surface area contributed by atoms with Gasteiger partial charge in [-0.25, -0.2) is 0 Å². The standard InChI is InChI=1S/C20H18O4/c1-19-11-7-3-5-9-13(11)20(2,14-10-6-4-8-12(14)19)16(18(23)24)15(19)17(21)22/h3-10,15-16H,1-2H3,(H,21,22)(H,23,24)/t15-,16-,19?,20?/m0/s1. The van der Waals surface area contributed by atoms with Gasteiger partial charge in [0.05, 0.1) is 11.8 Å². The number of carbonyl (C=O) groups is 2. The third kappa shape index (κ3) is 1.44. The summed E-state index contributed by atoms with van der Waals surface area (Å²) >= 11 is 0. The minimum absolute atomic E-state index is 0.861. The van der Waals surface area contributed by atoms with Crippen LogP contribution in [-0.4, -0.2) is 22.2 Å². The van der Waals surface area contributed by atoms with E-state index >= 15 is 0 Å². The number of fused-ring (bicyclic) bond motifs is 1. The quantitative estimate of drug-likeness (QED) is 0.891. The molecule has 2 aromatic carbocycles. The highest BCUT2D eigenvalue weighted by Crippen LogP contribution is 2.64. The number of carboxylic acid groups (broad SMARTS) is 2. The summed E-state index contributed by atoms with van der Waals surface area (Å²) in [7, 11) is 0. The van der Waals surface area contributed by atoms with Gasteiger partial charge in [-0.1, -0.05) is 62.4 Å². The van der Waals surface area contributed by atoms with E-state index in [9.17, 15) is 19.8 Å². The molecule has 0 saturated carbocycles. The first-order valence-electron chi connectivity index (χ1n) is 8.00. The molecule has 4 heteroatoms. The van der Waals surface area contributed by atoms with Gasteiger partial charge >= 0.3 is 11.9 Å². The lowest BCUT2D eigenvalue weighted by atomic mass is 9.42. The molecule has 2 bridgehead atoms. The van der Waals surface area contributed by atoms with E-state index in [-0.39, 0.29) is 0 Å². The molecule has 122 valence electrons. The molecular formula is C20H18O4. The summed E-state index contributed by atoms with van der Waals surface area (Å²) in [6, 6.07) is 15.3. The highest BCUT2D eigenvalue weighted by Gasteiger charge is 2.66. The predicted octanol–water partition coefficient (Wildman–Crippen LogP) is 3.03. The lowest BCUT2D eigenvalue weighted by molar-refractivity contribution is -0.161. The van der Waals surface area contributed by atoms with Gasteiger partial charge in [-0.05, 0) is 22.3 Å². The second kappa shape index (κ2) is 4.47. The van der Waals surface area contributed by atoms with Crippen molar-refractivity contribution in [3.8, 4) is 0 Å². The third-order valence-corrected chi connectivity index (χ3v) is 6.20. The fourth-order valence-corrected chi connectivity index (χ4v) is 5.18. The number of hydrogen-bond acceptors (Lipinski definition) is 2. The Labute approximate surface area is 139 Å². The van der Waals surface area contributed by atoms with Crippen LogP contribution < -0.4 is 0 Å². The van der Waals surface area contributed by atoms with Crippen molar-refractivity contribution in [2.45, 2.75) is 24.7 Å². The van der Waals surface area contributed by atoms with Crippen molar-refractivity contribution in [2.24, 2.45) is 11.8 Å². The lowest BCUT2D eigenvalue weighted by Crippen LogP contribution is -2.62. The minimum Gasteiger partial charge on any atom is -0.481 e. The van der Waals surface area contributed by atoms with Crippen LogP contribution in [0, 0.1) is 11.8 Å². The average molecular weight is 322 g/mol. The van der Waals surface area contributed by atoms with E-state index in [1.165, 1.54) is 0 Å². The van der Waals surface area contributed by atoms with Crippen molar-refractivity contribution in [3.63, 3.8) is 0 Å². The van der Waals surface area contributed by atoms with E-state index in [1.807, 2.05) is 62.4 Å². The molecule has 0 spiro atoms. The Kier molecular flexibility index (Phi) is 2.78. The maximum atomic E-state index is 12.2. The largest absolute Gasteiger partial charge is 0.481 e. The summed E-state index contributed by atoms with van der Waals surface area (Å²) in [5.74, 6) is -4.13. The lowest BCUT2D eigenvalue weighted by Gasteiger charge is -2.58. The first kappa shape index (κ1) is 14.9. The van der Waals surface area contributed by atoms with Crippen molar-refractivity contribution >= 4 is 11.9 Å². The van der Waals surface area contributed by atoms with Crippen LogP contribution in [0.2, 0.25) is 0 Å². The second-order valence-corrected chi connectivity index (χ2v) is 7.13. The molecule has 0 unspecified atom stereocenters. The summed E-state index contributed by atoms with van der Waals surface area (Å²) < 4.78 is 0. The van der Waals surface area contributed by atoms with Gasteiger partial charge in [-0.15, -0.1) is 0 Å². The van der Waals surface area contributed by atoms with Gasteiger partial charge in [0.15, 0.2) is 0 Å². The summed E-state index contributed by atoms with van der Waals surface area (Å²) in [6.07, 6.45) is 0. The Morgan fingerprint density at radius 1 is 0.708 bits per heavy atom. The van der Waals surface area contributed by atoms with E-state index in [1.54, 1.807) is 0 Å². The molecule has 0 amide bonds. The molecule has 24 heavy (non-hydrogen) atoms. The summed E-state index contributed by atoms with van der Waals surface area (Å²) in [6.45, 7) is 3.75. The van der Waals surface area contributed by atoms with Crippen molar-refractivity contribution in [2.75, 3.05) is 0 Å². The normalized spacial score (nSPS) is 32.8. The molecule has 0 aromatic heterocycles.